The second-order valence-electron chi connectivity index (χ2n) is 10.1. The summed E-state index contributed by atoms with van der Waals surface area (Å²) in [7, 11) is 0. The fourth-order valence-electron chi connectivity index (χ4n) is 5.48. The van der Waals surface area contributed by atoms with Gasteiger partial charge < -0.3 is 10.1 Å². The van der Waals surface area contributed by atoms with Crippen molar-refractivity contribution in [3.05, 3.63) is 95.1 Å². The van der Waals surface area contributed by atoms with E-state index in [1.807, 2.05) is 50.2 Å². The molecule has 7 heteroatoms. The van der Waals surface area contributed by atoms with Gasteiger partial charge in [-0.15, -0.1) is 0 Å². The molecule has 2 fully saturated rings. The van der Waals surface area contributed by atoms with Gasteiger partial charge in [0.25, 0.3) is 5.91 Å². The molecule has 194 valence electrons. The molecule has 0 unspecified atom stereocenters. The van der Waals surface area contributed by atoms with Crippen molar-refractivity contribution < 1.29 is 23.9 Å². The van der Waals surface area contributed by atoms with E-state index in [1.165, 1.54) is 22.6 Å². The van der Waals surface area contributed by atoms with Crippen LogP contribution in [0.2, 0.25) is 0 Å². The second-order valence-corrected chi connectivity index (χ2v) is 10.1. The summed E-state index contributed by atoms with van der Waals surface area (Å²) in [5, 5.41) is 2.75. The van der Waals surface area contributed by atoms with Crippen molar-refractivity contribution in [1.82, 2.24) is 0 Å². The van der Waals surface area contributed by atoms with Gasteiger partial charge in [0.15, 0.2) is 6.61 Å². The second kappa shape index (κ2) is 10.6. The van der Waals surface area contributed by atoms with Gasteiger partial charge >= 0.3 is 5.97 Å². The number of fused-ring (bicyclic) bond motifs is 1. The Morgan fingerprint density at radius 2 is 1.61 bits per heavy atom. The first-order chi connectivity index (χ1) is 18.3. The minimum absolute atomic E-state index is 0.176. The average molecular weight is 511 g/mol. The molecule has 3 amide bonds. The Balaban J connectivity index is 1.20. The summed E-state index contributed by atoms with van der Waals surface area (Å²) in [5.41, 5.74) is 4.46. The topological polar surface area (TPSA) is 92.8 Å². The van der Waals surface area contributed by atoms with E-state index in [0.29, 0.717) is 24.2 Å². The maximum absolute atomic E-state index is 13.3. The van der Waals surface area contributed by atoms with Crippen LogP contribution >= 0.6 is 0 Å². The lowest BCUT2D eigenvalue weighted by atomic mass is 9.73. The van der Waals surface area contributed by atoms with E-state index < -0.39 is 18.5 Å². The zero-order chi connectivity index (χ0) is 26.8. The molecule has 0 bridgehead atoms. The van der Waals surface area contributed by atoms with Crippen molar-refractivity contribution in [3.8, 4) is 0 Å². The summed E-state index contributed by atoms with van der Waals surface area (Å²) in [6.45, 7) is 3.38. The van der Waals surface area contributed by atoms with Crippen LogP contribution in [-0.2, 0) is 19.1 Å². The number of nitrogens with zero attached hydrogens (tertiary/aromatic N) is 1. The number of hydrogen-bond donors (Lipinski definition) is 1. The number of carbonyl (C=O) groups excluding carboxylic acids is 4. The van der Waals surface area contributed by atoms with E-state index >= 15 is 0 Å². The third kappa shape index (κ3) is 5.09. The van der Waals surface area contributed by atoms with Crippen molar-refractivity contribution in [3.63, 3.8) is 0 Å². The van der Waals surface area contributed by atoms with Crippen LogP contribution in [0.15, 0.2) is 72.8 Å². The third-order valence-electron chi connectivity index (χ3n) is 7.56. The van der Waals surface area contributed by atoms with Crippen LogP contribution in [0, 0.1) is 25.7 Å². The van der Waals surface area contributed by atoms with E-state index in [-0.39, 0.29) is 35.1 Å². The molecule has 1 saturated heterocycles. The summed E-state index contributed by atoms with van der Waals surface area (Å²) in [4.78, 5) is 52.5. The smallest absolute Gasteiger partial charge is 0.338 e. The van der Waals surface area contributed by atoms with Crippen LogP contribution in [0.5, 0.6) is 0 Å². The zero-order valence-electron chi connectivity index (χ0n) is 21.5. The highest BCUT2D eigenvalue weighted by atomic mass is 16.5. The highest BCUT2D eigenvalue weighted by Crippen LogP contribution is 2.45. The number of aryl methyl sites for hydroxylation is 2. The van der Waals surface area contributed by atoms with Crippen LogP contribution in [0.1, 0.15) is 52.2 Å². The first kappa shape index (κ1) is 25.4. The zero-order valence-corrected chi connectivity index (χ0v) is 21.5. The van der Waals surface area contributed by atoms with Crippen LogP contribution in [0.25, 0.3) is 0 Å². The number of hydrogen-bond acceptors (Lipinski definition) is 5. The maximum atomic E-state index is 13.3. The summed E-state index contributed by atoms with van der Waals surface area (Å²) in [6, 6.07) is 22.0. The van der Waals surface area contributed by atoms with Gasteiger partial charge in [-0.25, -0.2) is 4.79 Å². The van der Waals surface area contributed by atoms with Crippen molar-refractivity contribution in [2.75, 3.05) is 16.8 Å². The first-order valence-corrected chi connectivity index (χ1v) is 12.9. The Morgan fingerprint density at radius 1 is 0.895 bits per heavy atom. The van der Waals surface area contributed by atoms with Crippen LogP contribution in [0.3, 0.4) is 0 Å². The van der Waals surface area contributed by atoms with Crippen LogP contribution in [0.4, 0.5) is 11.4 Å². The van der Waals surface area contributed by atoms with E-state index in [0.717, 1.165) is 17.5 Å². The maximum Gasteiger partial charge on any atom is 0.338 e. The molecule has 1 saturated carbocycles. The summed E-state index contributed by atoms with van der Waals surface area (Å²) in [5.74, 6) is -1.83. The molecule has 3 atom stereocenters. The molecular formula is C31H30N2O5. The number of nitrogens with one attached hydrogen (secondary N) is 1. The largest absolute Gasteiger partial charge is 0.452 e. The van der Waals surface area contributed by atoms with E-state index in [9.17, 15) is 19.2 Å². The van der Waals surface area contributed by atoms with E-state index in [2.05, 4.69) is 17.4 Å². The van der Waals surface area contributed by atoms with Gasteiger partial charge in [-0.05, 0) is 86.1 Å². The fourth-order valence-corrected chi connectivity index (χ4v) is 5.48. The minimum Gasteiger partial charge on any atom is -0.452 e. The molecule has 0 radical (unpaired) electrons. The van der Waals surface area contributed by atoms with Gasteiger partial charge in [0.2, 0.25) is 11.8 Å². The quantitative estimate of drug-likeness (QED) is 0.365. The molecule has 1 aliphatic heterocycles. The lowest BCUT2D eigenvalue weighted by molar-refractivity contribution is -0.122. The highest BCUT2D eigenvalue weighted by molar-refractivity contribution is 6.22. The van der Waals surface area contributed by atoms with Crippen molar-refractivity contribution in [2.45, 2.75) is 39.0 Å². The Bertz CT molecular complexity index is 1380. The standard InChI is InChI=1S/C31H30N2O5/c1-19-8-9-20(2)27(16-19)32-28(34)18-38-31(37)22-10-13-24(14-11-22)33-29(35)25-15-12-23(17-26(25)30(33)36)21-6-4-3-5-7-21/h3-11,13-14,16,23,25-26H,12,15,17-18H2,1-2H3,(H,32,34)/t23-,25+,26+/m0/s1. The molecule has 7 nitrogen and oxygen atoms in total. The molecule has 3 aromatic rings. The molecule has 2 aliphatic rings. The summed E-state index contributed by atoms with van der Waals surface area (Å²) >= 11 is 0. The predicted molar refractivity (Wildman–Crippen MR) is 144 cm³/mol. The monoisotopic (exact) mass is 510 g/mol. The number of amides is 3. The first-order valence-electron chi connectivity index (χ1n) is 12.9. The molecule has 0 aromatic heterocycles. The minimum atomic E-state index is -0.661. The number of carbonyl (C=O) groups is 4. The SMILES string of the molecule is Cc1ccc(C)c(NC(=O)COC(=O)c2ccc(N3C(=O)[C@@H]4CC[C@H](c5ccccc5)C[C@H]4C3=O)cc2)c1. The van der Waals surface area contributed by atoms with Crippen LogP contribution < -0.4 is 10.2 Å². The normalized spacial score (nSPS) is 20.7. The Labute approximate surface area is 221 Å². The molecule has 1 heterocycles. The number of anilines is 2. The lowest BCUT2D eigenvalue weighted by Gasteiger charge is -2.28. The molecule has 1 N–H and O–H groups in total. The number of esters is 1. The number of imide groups is 1. The number of ether oxygens (including phenoxy) is 1. The summed E-state index contributed by atoms with van der Waals surface area (Å²) in [6.07, 6.45) is 2.21. The Morgan fingerprint density at radius 3 is 2.34 bits per heavy atom. The van der Waals surface area contributed by atoms with Gasteiger partial charge in [-0.1, -0.05) is 42.5 Å². The van der Waals surface area contributed by atoms with Crippen molar-refractivity contribution in [2.24, 2.45) is 11.8 Å². The van der Waals surface area contributed by atoms with Crippen LogP contribution in [-0.4, -0.2) is 30.3 Å². The van der Waals surface area contributed by atoms with Crippen molar-refractivity contribution in [1.29, 1.82) is 0 Å². The fraction of sp³-hybridized carbons (Fsp3) is 0.290. The molecule has 38 heavy (non-hydrogen) atoms. The lowest BCUT2D eigenvalue weighted by Crippen LogP contribution is -2.30. The number of rotatable bonds is 6. The van der Waals surface area contributed by atoms with E-state index in [1.54, 1.807) is 12.1 Å². The highest BCUT2D eigenvalue weighted by Gasteiger charge is 2.50. The van der Waals surface area contributed by atoms with Gasteiger partial charge in [-0.3, -0.25) is 19.3 Å². The van der Waals surface area contributed by atoms with E-state index in [4.69, 9.17) is 4.74 Å². The van der Waals surface area contributed by atoms with Gasteiger partial charge in [0.1, 0.15) is 0 Å². The van der Waals surface area contributed by atoms with Crippen molar-refractivity contribution >= 4 is 35.1 Å². The predicted octanol–water partition coefficient (Wildman–Crippen LogP) is 5.17. The Kier molecular flexibility index (Phi) is 7.09. The summed E-state index contributed by atoms with van der Waals surface area (Å²) < 4.78 is 5.17. The average Bonchev–Trinajstić information content (AvgIpc) is 3.19. The Hall–Kier alpha value is -4.26. The van der Waals surface area contributed by atoms with Gasteiger partial charge in [-0.2, -0.15) is 0 Å². The molecule has 0 spiro atoms. The third-order valence-corrected chi connectivity index (χ3v) is 7.56. The molecule has 5 rings (SSSR count). The van der Waals surface area contributed by atoms with Gasteiger partial charge in [0, 0.05) is 5.69 Å². The number of benzene rings is 3. The molecular weight excluding hydrogens is 480 g/mol. The molecule has 1 aliphatic carbocycles. The van der Waals surface area contributed by atoms with Gasteiger partial charge in [0.05, 0.1) is 23.1 Å². The molecule has 3 aromatic carbocycles.